The summed E-state index contributed by atoms with van der Waals surface area (Å²) in [5, 5.41) is 14.1. The van der Waals surface area contributed by atoms with Crippen molar-refractivity contribution in [2.24, 2.45) is 0 Å². The van der Waals surface area contributed by atoms with E-state index in [4.69, 9.17) is 0 Å². The average molecular weight is 316 g/mol. The van der Waals surface area contributed by atoms with Gasteiger partial charge in [0, 0.05) is 18.1 Å². The van der Waals surface area contributed by atoms with Gasteiger partial charge in [0.25, 0.3) is 0 Å². The standard InChI is InChI=1S/C20H32N2O/c1-16(15-20(23)17-7-3-2-4-8-17)21-18-11-13-22(14-12-18)19-9-5-6-10-19/h2-4,7-8,16,18-21,23H,5-6,9-15H2,1H3. The molecule has 3 nitrogen and oxygen atoms in total. The molecule has 0 radical (unpaired) electrons. The Kier molecular flexibility index (Phi) is 6.09. The summed E-state index contributed by atoms with van der Waals surface area (Å²) in [5.41, 5.74) is 1.03. The molecule has 2 atom stereocenters. The van der Waals surface area contributed by atoms with E-state index in [2.05, 4.69) is 17.1 Å². The second-order valence-corrected chi connectivity index (χ2v) is 7.48. The zero-order valence-corrected chi connectivity index (χ0v) is 14.5. The molecule has 0 amide bonds. The molecule has 1 aromatic carbocycles. The van der Waals surface area contributed by atoms with E-state index in [9.17, 15) is 5.11 Å². The molecule has 0 spiro atoms. The fourth-order valence-corrected chi connectivity index (χ4v) is 4.32. The summed E-state index contributed by atoms with van der Waals surface area (Å²) in [5.74, 6) is 0. The van der Waals surface area contributed by atoms with Gasteiger partial charge in [0.2, 0.25) is 0 Å². The van der Waals surface area contributed by atoms with E-state index in [0.29, 0.717) is 12.1 Å². The molecule has 2 aliphatic rings. The van der Waals surface area contributed by atoms with Crippen LogP contribution in [0.15, 0.2) is 30.3 Å². The zero-order chi connectivity index (χ0) is 16.1. The van der Waals surface area contributed by atoms with E-state index >= 15 is 0 Å². The number of piperidine rings is 1. The third kappa shape index (κ3) is 4.79. The first kappa shape index (κ1) is 16.9. The fourth-order valence-electron chi connectivity index (χ4n) is 4.32. The van der Waals surface area contributed by atoms with E-state index in [0.717, 1.165) is 18.0 Å². The van der Waals surface area contributed by atoms with Crippen molar-refractivity contribution in [1.29, 1.82) is 0 Å². The molecule has 0 bridgehead atoms. The van der Waals surface area contributed by atoms with Gasteiger partial charge in [-0.05, 0) is 57.7 Å². The molecule has 1 saturated heterocycles. The van der Waals surface area contributed by atoms with Crippen LogP contribution in [0.2, 0.25) is 0 Å². The normalized spacial score (nSPS) is 23.9. The number of hydrogen-bond donors (Lipinski definition) is 2. The Morgan fingerprint density at radius 1 is 1.09 bits per heavy atom. The summed E-state index contributed by atoms with van der Waals surface area (Å²) in [4.78, 5) is 2.72. The van der Waals surface area contributed by atoms with Crippen LogP contribution in [-0.2, 0) is 0 Å². The first-order valence-corrected chi connectivity index (χ1v) is 9.45. The molecule has 1 saturated carbocycles. The lowest BCUT2D eigenvalue weighted by Gasteiger charge is -2.37. The Morgan fingerprint density at radius 2 is 1.74 bits per heavy atom. The maximum Gasteiger partial charge on any atom is 0.0804 e. The SMILES string of the molecule is CC(CC(O)c1ccccc1)NC1CCN(C2CCCC2)CC1. The van der Waals surface area contributed by atoms with E-state index in [1.807, 2.05) is 30.3 Å². The molecule has 2 fully saturated rings. The van der Waals surface area contributed by atoms with Gasteiger partial charge in [0.1, 0.15) is 0 Å². The quantitative estimate of drug-likeness (QED) is 0.843. The molecule has 1 aromatic rings. The highest BCUT2D eigenvalue weighted by Crippen LogP contribution is 2.26. The second-order valence-electron chi connectivity index (χ2n) is 7.48. The Balaban J connectivity index is 1.39. The smallest absolute Gasteiger partial charge is 0.0804 e. The van der Waals surface area contributed by atoms with Gasteiger partial charge in [-0.15, -0.1) is 0 Å². The highest BCUT2D eigenvalue weighted by atomic mass is 16.3. The molecular weight excluding hydrogens is 284 g/mol. The molecule has 0 aromatic heterocycles. The third-order valence-corrected chi connectivity index (χ3v) is 5.65. The second kappa shape index (κ2) is 8.27. The summed E-state index contributed by atoms with van der Waals surface area (Å²) in [6.07, 6.45) is 8.61. The number of aliphatic hydroxyl groups is 1. The van der Waals surface area contributed by atoms with Gasteiger partial charge in [-0.3, -0.25) is 0 Å². The minimum absolute atomic E-state index is 0.355. The first-order chi connectivity index (χ1) is 11.2. The van der Waals surface area contributed by atoms with E-state index in [1.54, 1.807) is 0 Å². The minimum Gasteiger partial charge on any atom is -0.388 e. The molecule has 23 heavy (non-hydrogen) atoms. The maximum atomic E-state index is 10.4. The minimum atomic E-state index is -0.364. The largest absolute Gasteiger partial charge is 0.388 e. The van der Waals surface area contributed by atoms with Crippen molar-refractivity contribution in [3.05, 3.63) is 35.9 Å². The monoisotopic (exact) mass is 316 g/mol. The molecule has 128 valence electrons. The number of likely N-dealkylation sites (tertiary alicyclic amines) is 1. The number of benzene rings is 1. The van der Waals surface area contributed by atoms with Crippen molar-refractivity contribution in [1.82, 2.24) is 10.2 Å². The average Bonchev–Trinajstić information content (AvgIpc) is 3.11. The van der Waals surface area contributed by atoms with Gasteiger partial charge in [-0.2, -0.15) is 0 Å². The van der Waals surface area contributed by atoms with Gasteiger partial charge in [-0.1, -0.05) is 43.2 Å². The molecule has 3 rings (SSSR count). The molecule has 3 heteroatoms. The Bertz CT molecular complexity index is 450. The highest BCUT2D eigenvalue weighted by Gasteiger charge is 2.27. The molecule has 2 unspecified atom stereocenters. The molecule has 1 aliphatic heterocycles. The van der Waals surface area contributed by atoms with Crippen LogP contribution < -0.4 is 5.32 Å². The van der Waals surface area contributed by atoms with Crippen LogP contribution >= 0.6 is 0 Å². The Labute approximate surface area is 141 Å². The molecule has 1 aliphatic carbocycles. The third-order valence-electron chi connectivity index (χ3n) is 5.65. The molecular formula is C20H32N2O. The van der Waals surface area contributed by atoms with E-state index < -0.39 is 0 Å². The van der Waals surface area contributed by atoms with Gasteiger partial charge in [0.05, 0.1) is 6.10 Å². The van der Waals surface area contributed by atoms with Crippen molar-refractivity contribution in [2.75, 3.05) is 13.1 Å². The van der Waals surface area contributed by atoms with Gasteiger partial charge >= 0.3 is 0 Å². The summed E-state index contributed by atoms with van der Waals surface area (Å²) in [7, 11) is 0. The van der Waals surface area contributed by atoms with Crippen LogP contribution in [-0.4, -0.2) is 41.2 Å². The number of nitrogens with zero attached hydrogens (tertiary/aromatic N) is 1. The predicted octanol–water partition coefficient (Wildman–Crippen LogP) is 3.50. The van der Waals surface area contributed by atoms with Crippen LogP contribution in [0, 0.1) is 0 Å². The molecule has 1 heterocycles. The van der Waals surface area contributed by atoms with Crippen molar-refractivity contribution in [3.8, 4) is 0 Å². The predicted molar refractivity (Wildman–Crippen MR) is 95.5 cm³/mol. The van der Waals surface area contributed by atoms with Crippen LogP contribution in [0.4, 0.5) is 0 Å². The van der Waals surface area contributed by atoms with Crippen LogP contribution in [0.25, 0.3) is 0 Å². The maximum absolute atomic E-state index is 10.4. The lowest BCUT2D eigenvalue weighted by molar-refractivity contribution is 0.126. The topological polar surface area (TPSA) is 35.5 Å². The first-order valence-electron chi connectivity index (χ1n) is 9.45. The van der Waals surface area contributed by atoms with Gasteiger partial charge in [0.15, 0.2) is 0 Å². The summed E-state index contributed by atoms with van der Waals surface area (Å²) in [6.45, 7) is 4.70. The number of nitrogens with one attached hydrogen (secondary N) is 1. The van der Waals surface area contributed by atoms with Gasteiger partial charge < -0.3 is 15.3 Å². The lowest BCUT2D eigenvalue weighted by Crippen LogP contribution is -2.48. The highest BCUT2D eigenvalue weighted by molar-refractivity contribution is 5.17. The zero-order valence-electron chi connectivity index (χ0n) is 14.5. The van der Waals surface area contributed by atoms with Crippen LogP contribution in [0.5, 0.6) is 0 Å². The van der Waals surface area contributed by atoms with Crippen LogP contribution in [0.1, 0.15) is 63.5 Å². The van der Waals surface area contributed by atoms with E-state index in [1.165, 1.54) is 51.6 Å². The summed E-state index contributed by atoms with van der Waals surface area (Å²) in [6, 6.07) is 11.8. The van der Waals surface area contributed by atoms with Crippen molar-refractivity contribution >= 4 is 0 Å². The number of rotatable bonds is 6. The summed E-state index contributed by atoms with van der Waals surface area (Å²) >= 11 is 0. The molecule has 2 N–H and O–H groups in total. The van der Waals surface area contributed by atoms with Crippen molar-refractivity contribution in [3.63, 3.8) is 0 Å². The van der Waals surface area contributed by atoms with Crippen molar-refractivity contribution in [2.45, 2.75) is 76.1 Å². The number of hydrogen-bond acceptors (Lipinski definition) is 3. The number of aliphatic hydroxyl groups excluding tert-OH is 1. The Hall–Kier alpha value is -0.900. The van der Waals surface area contributed by atoms with Crippen molar-refractivity contribution < 1.29 is 5.11 Å². The fraction of sp³-hybridized carbons (Fsp3) is 0.700. The van der Waals surface area contributed by atoms with Gasteiger partial charge in [-0.25, -0.2) is 0 Å². The van der Waals surface area contributed by atoms with Crippen LogP contribution in [0.3, 0.4) is 0 Å². The Morgan fingerprint density at radius 3 is 2.39 bits per heavy atom. The van der Waals surface area contributed by atoms with E-state index in [-0.39, 0.29) is 6.10 Å². The summed E-state index contributed by atoms with van der Waals surface area (Å²) < 4.78 is 0. The lowest BCUT2D eigenvalue weighted by atomic mass is 9.99.